The van der Waals surface area contributed by atoms with Crippen LogP contribution in [-0.4, -0.2) is 16.8 Å². The molecule has 2 aromatic rings. The molecule has 0 saturated heterocycles. The number of aryl methyl sites for hydroxylation is 1. The fourth-order valence-electron chi connectivity index (χ4n) is 2.17. The first-order chi connectivity index (χ1) is 11.4. The van der Waals surface area contributed by atoms with E-state index >= 15 is 0 Å². The molecule has 0 heterocycles. The second kappa shape index (κ2) is 7.66. The van der Waals surface area contributed by atoms with Gasteiger partial charge in [-0.3, -0.25) is 0 Å². The van der Waals surface area contributed by atoms with Crippen LogP contribution in [0.2, 0.25) is 5.02 Å². The molecule has 5 nitrogen and oxygen atoms in total. The lowest BCUT2D eigenvalue weighted by Crippen LogP contribution is -2.07. The second-order valence-corrected chi connectivity index (χ2v) is 5.75. The zero-order valence-electron chi connectivity index (χ0n) is 13.1. The van der Waals surface area contributed by atoms with Gasteiger partial charge in [-0.05, 0) is 48.4 Å². The molecule has 0 fully saturated rings. The van der Waals surface area contributed by atoms with E-state index in [1.807, 2.05) is 25.1 Å². The number of anilines is 2. The van der Waals surface area contributed by atoms with E-state index < -0.39 is 5.97 Å². The SMILES string of the molecule is Cc1ccc(CNc2cc(N)ccc2C(=N)/C=C/C(=O)O)c(Cl)c1. The fraction of sp³-hybridized carbons (Fsp3) is 0.111. The predicted octanol–water partition coefficient (Wildman–Crippen LogP) is 3.85. The maximum atomic E-state index is 10.6. The Hall–Kier alpha value is -2.79. The van der Waals surface area contributed by atoms with Crippen LogP contribution in [0.1, 0.15) is 16.7 Å². The number of rotatable bonds is 6. The predicted molar refractivity (Wildman–Crippen MR) is 98.0 cm³/mol. The number of aliphatic carboxylic acids is 1. The molecule has 5 N–H and O–H groups in total. The number of nitrogens with two attached hydrogens (primary N) is 1. The molecule has 124 valence electrons. The van der Waals surface area contributed by atoms with Gasteiger partial charge in [0.1, 0.15) is 0 Å². The van der Waals surface area contributed by atoms with Gasteiger partial charge in [-0.2, -0.15) is 0 Å². The topological polar surface area (TPSA) is 99.2 Å². The largest absolute Gasteiger partial charge is 0.478 e. The van der Waals surface area contributed by atoms with Gasteiger partial charge >= 0.3 is 5.97 Å². The van der Waals surface area contributed by atoms with Crippen molar-refractivity contribution >= 4 is 34.7 Å². The van der Waals surface area contributed by atoms with E-state index in [1.165, 1.54) is 6.08 Å². The molecule has 2 aromatic carbocycles. The Morgan fingerprint density at radius 2 is 2.04 bits per heavy atom. The van der Waals surface area contributed by atoms with Crippen molar-refractivity contribution in [2.75, 3.05) is 11.1 Å². The summed E-state index contributed by atoms with van der Waals surface area (Å²) in [5.74, 6) is -1.10. The van der Waals surface area contributed by atoms with Crippen molar-refractivity contribution in [3.05, 3.63) is 70.3 Å². The van der Waals surface area contributed by atoms with E-state index in [-0.39, 0.29) is 5.71 Å². The van der Waals surface area contributed by atoms with Gasteiger partial charge in [-0.15, -0.1) is 0 Å². The molecule has 0 atom stereocenters. The van der Waals surface area contributed by atoms with Gasteiger partial charge in [0, 0.05) is 34.6 Å². The first-order valence-corrected chi connectivity index (χ1v) is 7.63. The number of nitrogens with one attached hydrogen (secondary N) is 2. The Morgan fingerprint density at radius 1 is 1.29 bits per heavy atom. The lowest BCUT2D eigenvalue weighted by atomic mass is 10.1. The zero-order valence-corrected chi connectivity index (χ0v) is 13.9. The van der Waals surface area contributed by atoms with Crippen molar-refractivity contribution in [2.24, 2.45) is 0 Å². The van der Waals surface area contributed by atoms with Gasteiger partial charge in [-0.25, -0.2) is 4.79 Å². The highest BCUT2D eigenvalue weighted by Crippen LogP contribution is 2.23. The Balaban J connectivity index is 2.24. The molecule has 0 aliphatic carbocycles. The second-order valence-electron chi connectivity index (χ2n) is 5.34. The highest BCUT2D eigenvalue weighted by Gasteiger charge is 2.08. The molecule has 2 rings (SSSR count). The van der Waals surface area contributed by atoms with Gasteiger partial charge in [-0.1, -0.05) is 23.7 Å². The average Bonchev–Trinajstić information content (AvgIpc) is 2.52. The van der Waals surface area contributed by atoms with Crippen molar-refractivity contribution in [1.82, 2.24) is 0 Å². The molecule has 24 heavy (non-hydrogen) atoms. The summed E-state index contributed by atoms with van der Waals surface area (Å²) in [5.41, 5.74) is 9.65. The molecule has 0 spiro atoms. The van der Waals surface area contributed by atoms with E-state index in [4.69, 9.17) is 27.9 Å². The molecule has 0 aromatic heterocycles. The number of hydrogen-bond donors (Lipinski definition) is 4. The summed E-state index contributed by atoms with van der Waals surface area (Å²) in [6.45, 7) is 2.43. The Labute approximate surface area is 145 Å². The summed E-state index contributed by atoms with van der Waals surface area (Å²) in [6, 6.07) is 10.9. The van der Waals surface area contributed by atoms with Crippen LogP contribution in [0.4, 0.5) is 11.4 Å². The summed E-state index contributed by atoms with van der Waals surface area (Å²) >= 11 is 6.23. The molecule has 0 saturated carbocycles. The average molecular weight is 344 g/mol. The molecular weight excluding hydrogens is 326 g/mol. The molecule has 0 aliphatic rings. The highest BCUT2D eigenvalue weighted by atomic mass is 35.5. The number of carbonyl (C=O) groups is 1. The first-order valence-electron chi connectivity index (χ1n) is 7.25. The summed E-state index contributed by atoms with van der Waals surface area (Å²) in [4.78, 5) is 10.6. The number of halogens is 1. The summed E-state index contributed by atoms with van der Waals surface area (Å²) in [7, 11) is 0. The molecule has 0 aliphatic heterocycles. The molecule has 0 bridgehead atoms. The third kappa shape index (κ3) is 4.60. The van der Waals surface area contributed by atoms with Crippen molar-refractivity contribution in [2.45, 2.75) is 13.5 Å². The van der Waals surface area contributed by atoms with Crippen LogP contribution in [0.3, 0.4) is 0 Å². The first kappa shape index (κ1) is 17.6. The number of nitrogen functional groups attached to an aromatic ring is 1. The monoisotopic (exact) mass is 343 g/mol. The van der Waals surface area contributed by atoms with Crippen LogP contribution in [0, 0.1) is 12.3 Å². The van der Waals surface area contributed by atoms with Crippen LogP contribution in [0.5, 0.6) is 0 Å². The van der Waals surface area contributed by atoms with Crippen LogP contribution < -0.4 is 11.1 Å². The number of carboxylic acids is 1. The van der Waals surface area contributed by atoms with E-state index in [9.17, 15) is 4.79 Å². The van der Waals surface area contributed by atoms with E-state index in [0.717, 1.165) is 17.2 Å². The number of carboxylic acid groups (broad SMARTS) is 1. The van der Waals surface area contributed by atoms with Crippen LogP contribution in [-0.2, 0) is 11.3 Å². The van der Waals surface area contributed by atoms with Crippen molar-refractivity contribution in [3.63, 3.8) is 0 Å². The van der Waals surface area contributed by atoms with Gasteiger partial charge in [0.2, 0.25) is 0 Å². The Kier molecular flexibility index (Phi) is 5.60. The third-order valence-electron chi connectivity index (χ3n) is 3.40. The van der Waals surface area contributed by atoms with Crippen LogP contribution in [0.15, 0.2) is 48.6 Å². The zero-order chi connectivity index (χ0) is 17.7. The Bertz CT molecular complexity index is 816. The van der Waals surface area contributed by atoms with Gasteiger partial charge < -0.3 is 21.6 Å². The summed E-state index contributed by atoms with van der Waals surface area (Å²) < 4.78 is 0. The summed E-state index contributed by atoms with van der Waals surface area (Å²) in [5, 5.41) is 20.6. The van der Waals surface area contributed by atoms with Gasteiger partial charge in [0.25, 0.3) is 0 Å². The highest BCUT2D eigenvalue weighted by molar-refractivity contribution is 6.31. The normalized spacial score (nSPS) is 10.8. The number of allylic oxidation sites excluding steroid dienone is 1. The number of benzene rings is 2. The van der Waals surface area contributed by atoms with Crippen molar-refractivity contribution in [1.29, 1.82) is 5.41 Å². The lowest BCUT2D eigenvalue weighted by molar-refractivity contribution is -0.131. The number of hydrogen-bond acceptors (Lipinski definition) is 4. The quantitative estimate of drug-likeness (QED) is 0.363. The van der Waals surface area contributed by atoms with Crippen molar-refractivity contribution in [3.8, 4) is 0 Å². The molecule has 6 heteroatoms. The van der Waals surface area contributed by atoms with E-state index in [2.05, 4.69) is 5.32 Å². The fourth-order valence-corrected chi connectivity index (χ4v) is 2.48. The minimum absolute atomic E-state index is 0.0786. The van der Waals surface area contributed by atoms with Crippen LogP contribution >= 0.6 is 11.6 Å². The molecule has 0 amide bonds. The maximum Gasteiger partial charge on any atom is 0.328 e. The summed E-state index contributed by atoms with van der Waals surface area (Å²) in [6.07, 6.45) is 2.16. The molecular formula is C18H18ClN3O2. The van der Waals surface area contributed by atoms with Crippen molar-refractivity contribution < 1.29 is 9.90 Å². The molecule has 0 radical (unpaired) electrons. The third-order valence-corrected chi connectivity index (χ3v) is 3.76. The van der Waals surface area contributed by atoms with Crippen LogP contribution in [0.25, 0.3) is 0 Å². The smallest absolute Gasteiger partial charge is 0.328 e. The molecule has 0 unspecified atom stereocenters. The van der Waals surface area contributed by atoms with Gasteiger partial charge in [0.15, 0.2) is 0 Å². The minimum Gasteiger partial charge on any atom is -0.478 e. The minimum atomic E-state index is -1.10. The van der Waals surface area contributed by atoms with E-state index in [1.54, 1.807) is 18.2 Å². The standard InChI is InChI=1S/C18H18ClN3O2/c1-11-2-3-12(15(19)8-11)10-22-17-9-13(20)4-5-14(17)16(21)6-7-18(23)24/h2-9,21-22H,10,20H2,1H3,(H,23,24)/b7-6+,21-16?. The maximum absolute atomic E-state index is 10.6. The lowest BCUT2D eigenvalue weighted by Gasteiger charge is -2.13. The van der Waals surface area contributed by atoms with E-state index in [0.29, 0.717) is 28.5 Å². The Morgan fingerprint density at radius 3 is 2.71 bits per heavy atom. The van der Waals surface area contributed by atoms with Gasteiger partial charge in [0.05, 0.1) is 5.71 Å².